The van der Waals surface area contributed by atoms with Crippen LogP contribution < -0.4 is 9.21 Å². The molecule has 1 heterocycles. The summed E-state index contributed by atoms with van der Waals surface area (Å²) in [7, 11) is -11.2. The summed E-state index contributed by atoms with van der Waals surface area (Å²) in [4.78, 5) is 0.532. The van der Waals surface area contributed by atoms with Gasteiger partial charge in [-0.2, -0.15) is 38.5 Å². The summed E-state index contributed by atoms with van der Waals surface area (Å²) in [6.45, 7) is 0. The fraction of sp³-hybridized carbons (Fsp3) is 0.333. The zero-order valence-corrected chi connectivity index (χ0v) is 13.3. The number of benzene rings is 1. The summed E-state index contributed by atoms with van der Waals surface area (Å²) < 4.78 is 99.4. The van der Waals surface area contributed by atoms with Crippen LogP contribution in [0, 0.1) is 0 Å². The largest absolute Gasteiger partial charge is 0.523 e. The van der Waals surface area contributed by atoms with Gasteiger partial charge in [0.2, 0.25) is 0 Å². The van der Waals surface area contributed by atoms with E-state index in [1.807, 2.05) is 0 Å². The molecule has 0 saturated carbocycles. The molecule has 0 aromatic heterocycles. The van der Waals surface area contributed by atoms with Crippen LogP contribution in [0.4, 0.5) is 28.4 Å². The average molecular weight is 399 g/mol. The van der Waals surface area contributed by atoms with Gasteiger partial charge in [-0.25, -0.2) is 0 Å². The van der Waals surface area contributed by atoms with Gasteiger partial charge in [-0.05, 0) is 23.7 Å². The van der Waals surface area contributed by atoms with Crippen molar-refractivity contribution in [2.45, 2.75) is 10.8 Å². The molecule has 130 valence electrons. The van der Waals surface area contributed by atoms with Gasteiger partial charge in [0, 0.05) is 7.05 Å². The minimum Gasteiger partial charge on any atom is -0.312 e. The highest BCUT2D eigenvalue weighted by atomic mass is 35.5. The van der Waals surface area contributed by atoms with Crippen LogP contribution in [0.3, 0.4) is 0 Å². The lowest BCUT2D eigenvalue weighted by Gasteiger charge is -2.34. The van der Waals surface area contributed by atoms with Crippen LogP contribution in [-0.4, -0.2) is 34.7 Å². The first-order chi connectivity index (χ1) is 10.2. The van der Waals surface area contributed by atoms with E-state index in [-0.39, 0.29) is 5.69 Å². The second-order valence-electron chi connectivity index (χ2n) is 4.27. The molecule has 1 aromatic carbocycles. The maximum Gasteiger partial charge on any atom is 0.523 e. The van der Waals surface area contributed by atoms with Crippen LogP contribution in [0.15, 0.2) is 24.3 Å². The predicted octanol–water partition coefficient (Wildman–Crippen LogP) is 1.87. The Labute approximate surface area is 133 Å². The second kappa shape index (κ2) is 5.09. The number of rotatable bonds is 3. The summed E-state index contributed by atoms with van der Waals surface area (Å²) in [5, 5.41) is -3.33. The highest BCUT2D eigenvalue weighted by Gasteiger charge is 2.61. The number of hydrogen-bond donors (Lipinski definition) is 0. The zero-order valence-electron chi connectivity index (χ0n) is 11.0. The van der Waals surface area contributed by atoms with Crippen molar-refractivity contribution in [1.29, 1.82) is 0 Å². The number of nitrogens with zero attached hydrogens (tertiary/aromatic N) is 2. The molecule has 0 spiro atoms. The number of halogens is 5. The van der Waals surface area contributed by atoms with E-state index in [1.165, 1.54) is 18.2 Å². The molecule has 1 aromatic rings. The van der Waals surface area contributed by atoms with Crippen molar-refractivity contribution in [3.05, 3.63) is 24.3 Å². The minimum atomic E-state index is -6.33. The fourth-order valence-corrected chi connectivity index (χ4v) is 3.98. The van der Waals surface area contributed by atoms with Crippen LogP contribution in [0.1, 0.15) is 0 Å². The SMILES string of the molecule is CN1c2ccccc2N(S(=O)(=O)F)C1(Cl)OS(=O)(=O)C(F)(F)F. The Morgan fingerprint density at radius 3 is 2.04 bits per heavy atom. The van der Waals surface area contributed by atoms with Crippen molar-refractivity contribution >= 4 is 43.5 Å². The van der Waals surface area contributed by atoms with Crippen molar-refractivity contribution in [2.75, 3.05) is 16.3 Å². The van der Waals surface area contributed by atoms with E-state index in [4.69, 9.17) is 11.6 Å². The Hall–Kier alpha value is -1.31. The molecule has 7 nitrogen and oxygen atoms in total. The lowest BCUT2D eigenvalue weighted by molar-refractivity contribution is -0.0585. The molecule has 14 heteroatoms. The Balaban J connectivity index is 2.66. The topological polar surface area (TPSA) is 84.0 Å². The molecule has 0 N–H and O–H groups in total. The van der Waals surface area contributed by atoms with Crippen LogP contribution in [0.5, 0.6) is 0 Å². The van der Waals surface area contributed by atoms with Gasteiger partial charge in [0.25, 0.3) is 0 Å². The lowest BCUT2D eigenvalue weighted by atomic mass is 10.3. The van der Waals surface area contributed by atoms with Crippen molar-refractivity contribution in [2.24, 2.45) is 0 Å². The molecule has 0 aliphatic carbocycles. The summed E-state index contributed by atoms with van der Waals surface area (Å²) in [5.74, 6) is 0. The molecule has 1 unspecified atom stereocenters. The maximum atomic E-state index is 13.5. The van der Waals surface area contributed by atoms with E-state index >= 15 is 0 Å². The Morgan fingerprint density at radius 2 is 1.61 bits per heavy atom. The first-order valence-corrected chi connectivity index (χ1v) is 8.63. The Morgan fingerprint density at radius 1 is 1.13 bits per heavy atom. The standard InChI is InChI=1S/C9H7ClF4N2O5S2/c1-15-6-4-2-3-5-7(6)16(23(14,19)20)8(15,10)21-22(17,18)9(11,12)13/h2-5H,1H3. The Bertz CT molecular complexity index is 844. The van der Waals surface area contributed by atoms with Crippen LogP contribution >= 0.6 is 11.6 Å². The van der Waals surface area contributed by atoms with Crippen LogP contribution in [0.25, 0.3) is 0 Å². The normalized spacial score (nSPS) is 22.3. The third kappa shape index (κ3) is 2.81. The number of anilines is 2. The zero-order chi connectivity index (χ0) is 17.8. The van der Waals surface area contributed by atoms with Gasteiger partial charge in [-0.3, -0.25) is 0 Å². The number of hydrogen-bond acceptors (Lipinski definition) is 6. The highest BCUT2D eigenvalue weighted by molar-refractivity contribution is 7.88. The van der Waals surface area contributed by atoms with E-state index in [0.29, 0.717) is 4.90 Å². The minimum absolute atomic E-state index is 0.166. The molecule has 1 aliphatic heterocycles. The van der Waals surface area contributed by atoms with Gasteiger partial charge < -0.3 is 4.90 Å². The molecule has 0 amide bonds. The van der Waals surface area contributed by atoms with E-state index in [1.54, 1.807) is 0 Å². The maximum absolute atomic E-state index is 13.5. The summed E-state index contributed by atoms with van der Waals surface area (Å²) in [6.07, 6.45) is 0. The Kier molecular flexibility index (Phi) is 3.99. The monoisotopic (exact) mass is 398 g/mol. The van der Waals surface area contributed by atoms with Crippen molar-refractivity contribution in [3.8, 4) is 0 Å². The van der Waals surface area contributed by atoms with E-state index < -0.39 is 41.3 Å². The molecule has 0 saturated heterocycles. The summed E-state index contributed by atoms with van der Waals surface area (Å²) >= 11 is 5.66. The molecular formula is C9H7ClF4N2O5S2. The number of fused-ring (bicyclic) bond motifs is 1. The highest BCUT2D eigenvalue weighted by Crippen LogP contribution is 2.50. The fourth-order valence-electron chi connectivity index (χ4n) is 1.88. The van der Waals surface area contributed by atoms with E-state index in [9.17, 15) is 33.9 Å². The predicted molar refractivity (Wildman–Crippen MR) is 72.0 cm³/mol. The van der Waals surface area contributed by atoms with Gasteiger partial charge in [-0.15, -0.1) is 0 Å². The molecule has 1 atom stereocenters. The van der Waals surface area contributed by atoms with E-state index in [0.717, 1.165) is 13.1 Å². The smallest absolute Gasteiger partial charge is 0.312 e. The molecule has 1 aliphatic rings. The molecule has 23 heavy (non-hydrogen) atoms. The molecule has 0 bridgehead atoms. The van der Waals surface area contributed by atoms with Gasteiger partial charge in [0.15, 0.2) is 0 Å². The lowest BCUT2D eigenvalue weighted by Crippen LogP contribution is -2.56. The first kappa shape index (κ1) is 18.0. The number of para-hydroxylation sites is 2. The van der Waals surface area contributed by atoms with Crippen LogP contribution in [-0.2, 0) is 24.7 Å². The van der Waals surface area contributed by atoms with Crippen molar-refractivity contribution < 1.29 is 38.1 Å². The molecule has 0 radical (unpaired) electrons. The van der Waals surface area contributed by atoms with Gasteiger partial charge in [0.1, 0.15) is 0 Å². The van der Waals surface area contributed by atoms with Crippen molar-refractivity contribution in [3.63, 3.8) is 0 Å². The van der Waals surface area contributed by atoms with Gasteiger partial charge in [0.05, 0.1) is 11.4 Å². The third-order valence-corrected chi connectivity index (χ3v) is 5.43. The molecule has 0 fully saturated rings. The van der Waals surface area contributed by atoms with Crippen molar-refractivity contribution in [1.82, 2.24) is 0 Å². The second-order valence-corrected chi connectivity index (χ2v) is 7.49. The molecular weight excluding hydrogens is 392 g/mol. The van der Waals surface area contributed by atoms with E-state index in [2.05, 4.69) is 4.18 Å². The van der Waals surface area contributed by atoms with Gasteiger partial charge in [-0.1, -0.05) is 16.0 Å². The number of alkyl halides is 4. The third-order valence-electron chi connectivity index (χ3n) is 2.84. The first-order valence-electron chi connectivity index (χ1n) is 5.50. The average Bonchev–Trinajstić information content (AvgIpc) is 2.56. The summed E-state index contributed by atoms with van der Waals surface area (Å²) in [6, 6.07) is 4.78. The summed E-state index contributed by atoms with van der Waals surface area (Å²) in [5.41, 5.74) is -6.55. The molecule has 2 rings (SSSR count). The quantitative estimate of drug-likeness (QED) is 0.193. The van der Waals surface area contributed by atoms with Gasteiger partial charge >= 0.3 is 31.3 Å². The van der Waals surface area contributed by atoms with Crippen LogP contribution in [0.2, 0.25) is 0 Å².